The van der Waals surface area contributed by atoms with Crippen LogP contribution in [-0.4, -0.2) is 23.5 Å². The van der Waals surface area contributed by atoms with Crippen molar-refractivity contribution in [2.45, 2.75) is 19.4 Å². The topological polar surface area (TPSA) is 72.7 Å². The van der Waals surface area contributed by atoms with E-state index in [2.05, 4.69) is 0 Å². The second-order valence-corrected chi connectivity index (χ2v) is 5.96. The van der Waals surface area contributed by atoms with Crippen LogP contribution in [0, 0.1) is 10.1 Å². The molecule has 0 N–H and O–H groups in total. The number of hydrogen-bond donors (Lipinski definition) is 0. The number of nitrogens with zero attached hydrogens (tertiary/aromatic N) is 2. The maximum atomic E-state index is 12.7. The minimum atomic E-state index is -0.712. The summed E-state index contributed by atoms with van der Waals surface area (Å²) in [6.45, 7) is 2.15. The van der Waals surface area contributed by atoms with Gasteiger partial charge in [0.15, 0.2) is 6.10 Å². The van der Waals surface area contributed by atoms with E-state index in [4.69, 9.17) is 16.3 Å². The molecule has 2 aromatic rings. The molecule has 0 bridgehead atoms. The Hall–Kier alpha value is -2.60. The number of rotatable bonds is 4. The lowest BCUT2D eigenvalue weighted by Gasteiger charge is -2.22. The third kappa shape index (κ3) is 3.19. The predicted octanol–water partition coefficient (Wildman–Crippen LogP) is 3.60. The number of halogens is 1. The number of carbonyl (C=O) groups is 1. The summed E-state index contributed by atoms with van der Waals surface area (Å²) < 4.78 is 5.65. The highest BCUT2D eigenvalue weighted by Crippen LogP contribution is 2.32. The van der Waals surface area contributed by atoms with Crippen LogP contribution in [-0.2, 0) is 11.2 Å². The van der Waals surface area contributed by atoms with E-state index in [1.165, 1.54) is 12.1 Å². The molecule has 1 heterocycles. The molecule has 1 unspecified atom stereocenters. The van der Waals surface area contributed by atoms with Crippen LogP contribution in [0.15, 0.2) is 42.5 Å². The van der Waals surface area contributed by atoms with Crippen LogP contribution in [0.5, 0.6) is 5.75 Å². The van der Waals surface area contributed by atoms with Gasteiger partial charge in [0.05, 0.1) is 10.6 Å². The van der Waals surface area contributed by atoms with Crippen molar-refractivity contribution < 1.29 is 14.5 Å². The molecule has 1 aliphatic heterocycles. The van der Waals surface area contributed by atoms with Gasteiger partial charge in [-0.15, -0.1) is 0 Å². The van der Waals surface area contributed by atoms with Crippen molar-refractivity contribution >= 4 is 28.9 Å². The molecule has 1 atom stereocenters. The molecule has 0 spiro atoms. The van der Waals surface area contributed by atoms with Gasteiger partial charge in [0.1, 0.15) is 5.75 Å². The van der Waals surface area contributed by atoms with Crippen LogP contribution in [0.2, 0.25) is 5.02 Å². The Labute approximate surface area is 143 Å². The quantitative estimate of drug-likeness (QED) is 0.626. The first kappa shape index (κ1) is 16.3. The molecule has 7 heteroatoms. The van der Waals surface area contributed by atoms with Crippen molar-refractivity contribution in [3.63, 3.8) is 0 Å². The average molecular weight is 347 g/mol. The van der Waals surface area contributed by atoms with E-state index in [0.717, 1.165) is 5.56 Å². The van der Waals surface area contributed by atoms with Crippen LogP contribution in [0.25, 0.3) is 0 Å². The van der Waals surface area contributed by atoms with Gasteiger partial charge in [-0.3, -0.25) is 14.9 Å². The summed E-state index contributed by atoms with van der Waals surface area (Å²) in [4.78, 5) is 24.7. The zero-order valence-corrected chi connectivity index (χ0v) is 13.7. The van der Waals surface area contributed by atoms with Crippen molar-refractivity contribution in [3.8, 4) is 5.75 Å². The summed E-state index contributed by atoms with van der Waals surface area (Å²) >= 11 is 5.83. The number of ether oxygens (including phenoxy) is 1. The summed E-state index contributed by atoms with van der Waals surface area (Å²) in [5.74, 6) is 0.308. The summed E-state index contributed by atoms with van der Waals surface area (Å²) in [5, 5.41) is 11.5. The molecule has 1 amide bonds. The Kier molecular flexibility index (Phi) is 4.40. The van der Waals surface area contributed by atoms with E-state index in [1.807, 2.05) is 0 Å². The van der Waals surface area contributed by atoms with E-state index < -0.39 is 11.0 Å². The van der Waals surface area contributed by atoms with E-state index in [9.17, 15) is 14.9 Å². The molecule has 0 fully saturated rings. The first-order valence-electron chi connectivity index (χ1n) is 7.46. The molecule has 2 aromatic carbocycles. The minimum Gasteiger partial charge on any atom is -0.481 e. The smallest absolute Gasteiger partial charge is 0.271 e. The Bertz CT molecular complexity index is 792. The Balaban J connectivity index is 1.78. The zero-order chi connectivity index (χ0) is 17.3. The normalized spacial score (nSPS) is 14.2. The Morgan fingerprint density at radius 1 is 1.29 bits per heavy atom. The number of benzene rings is 2. The van der Waals surface area contributed by atoms with Crippen molar-refractivity contribution in [1.82, 2.24) is 0 Å². The van der Waals surface area contributed by atoms with Gasteiger partial charge >= 0.3 is 0 Å². The largest absolute Gasteiger partial charge is 0.481 e. The lowest BCUT2D eigenvalue weighted by atomic mass is 10.1. The zero-order valence-electron chi connectivity index (χ0n) is 12.9. The molecule has 0 saturated carbocycles. The summed E-state index contributed by atoms with van der Waals surface area (Å²) in [5.41, 5.74) is 1.48. The van der Waals surface area contributed by atoms with Crippen molar-refractivity contribution in [2.75, 3.05) is 11.4 Å². The molecule has 1 aliphatic rings. The molecule has 0 aromatic heterocycles. The number of carbonyl (C=O) groups excluding carboxylic acids is 1. The molecule has 0 saturated heterocycles. The fourth-order valence-corrected chi connectivity index (χ4v) is 2.82. The van der Waals surface area contributed by atoms with E-state index in [-0.39, 0.29) is 11.6 Å². The lowest BCUT2D eigenvalue weighted by molar-refractivity contribution is -0.384. The Morgan fingerprint density at radius 2 is 2.00 bits per heavy atom. The Morgan fingerprint density at radius 3 is 2.67 bits per heavy atom. The fourth-order valence-electron chi connectivity index (χ4n) is 2.70. The van der Waals surface area contributed by atoms with Crippen LogP contribution in [0.3, 0.4) is 0 Å². The number of fused-ring (bicyclic) bond motifs is 1. The molecule has 24 heavy (non-hydrogen) atoms. The highest BCUT2D eigenvalue weighted by molar-refractivity contribution is 6.30. The molecular formula is C17H15ClN2O4. The van der Waals surface area contributed by atoms with Gasteiger partial charge < -0.3 is 9.64 Å². The molecule has 3 rings (SSSR count). The average Bonchev–Trinajstić information content (AvgIpc) is 2.99. The van der Waals surface area contributed by atoms with Gasteiger partial charge in [0, 0.05) is 23.7 Å². The molecular weight excluding hydrogens is 332 g/mol. The fraction of sp³-hybridized carbons (Fsp3) is 0.235. The lowest BCUT2D eigenvalue weighted by Crippen LogP contribution is -2.39. The van der Waals surface area contributed by atoms with Crippen LogP contribution in [0.4, 0.5) is 11.4 Å². The standard InChI is InChI=1S/C17H15ClN2O4/c1-11(24-15-6-3-13(18)4-7-15)17(21)19-9-8-12-2-5-14(20(22)23)10-16(12)19/h2-7,10-11H,8-9H2,1H3. The molecule has 0 radical (unpaired) electrons. The van der Waals surface area contributed by atoms with Gasteiger partial charge in [-0.2, -0.15) is 0 Å². The van der Waals surface area contributed by atoms with E-state index in [0.29, 0.717) is 29.4 Å². The second kappa shape index (κ2) is 6.49. The van der Waals surface area contributed by atoms with Crippen molar-refractivity contribution in [1.29, 1.82) is 0 Å². The second-order valence-electron chi connectivity index (χ2n) is 5.52. The molecule has 124 valence electrons. The predicted molar refractivity (Wildman–Crippen MR) is 90.7 cm³/mol. The monoisotopic (exact) mass is 346 g/mol. The molecule has 0 aliphatic carbocycles. The maximum absolute atomic E-state index is 12.7. The SMILES string of the molecule is CC(Oc1ccc(Cl)cc1)C(=O)N1CCc2ccc([N+](=O)[O-])cc21. The van der Waals surface area contributed by atoms with Crippen molar-refractivity contribution in [3.05, 3.63) is 63.2 Å². The highest BCUT2D eigenvalue weighted by Gasteiger charge is 2.30. The number of anilines is 1. The highest BCUT2D eigenvalue weighted by atomic mass is 35.5. The third-order valence-electron chi connectivity index (χ3n) is 3.92. The van der Waals surface area contributed by atoms with Gasteiger partial charge in [0.25, 0.3) is 11.6 Å². The summed E-state index contributed by atoms with van der Waals surface area (Å²) in [6.07, 6.45) is -0.0383. The minimum absolute atomic E-state index is 0.0280. The first-order chi connectivity index (χ1) is 11.5. The van der Waals surface area contributed by atoms with E-state index in [1.54, 1.807) is 42.2 Å². The number of nitro benzene ring substituents is 1. The number of amides is 1. The van der Waals surface area contributed by atoms with Gasteiger partial charge in [-0.25, -0.2) is 0 Å². The number of non-ortho nitro benzene ring substituents is 1. The van der Waals surface area contributed by atoms with Gasteiger partial charge in [0.2, 0.25) is 0 Å². The molecule has 6 nitrogen and oxygen atoms in total. The van der Waals surface area contributed by atoms with Gasteiger partial charge in [-0.1, -0.05) is 17.7 Å². The summed E-state index contributed by atoms with van der Waals surface area (Å²) in [6, 6.07) is 11.3. The summed E-state index contributed by atoms with van der Waals surface area (Å²) in [7, 11) is 0. The number of nitro groups is 1. The van der Waals surface area contributed by atoms with Crippen LogP contribution < -0.4 is 9.64 Å². The first-order valence-corrected chi connectivity index (χ1v) is 7.84. The van der Waals surface area contributed by atoms with Crippen LogP contribution >= 0.6 is 11.6 Å². The van der Waals surface area contributed by atoms with E-state index >= 15 is 0 Å². The number of hydrogen-bond acceptors (Lipinski definition) is 4. The van der Waals surface area contributed by atoms with Crippen LogP contribution in [0.1, 0.15) is 12.5 Å². The van der Waals surface area contributed by atoms with Gasteiger partial charge in [-0.05, 0) is 43.2 Å². The van der Waals surface area contributed by atoms with Crippen molar-refractivity contribution in [2.24, 2.45) is 0 Å². The third-order valence-corrected chi connectivity index (χ3v) is 4.17. The maximum Gasteiger partial charge on any atom is 0.271 e.